The van der Waals surface area contributed by atoms with Crippen LogP contribution in [0.25, 0.3) is 0 Å². The van der Waals surface area contributed by atoms with Crippen LogP contribution in [-0.2, 0) is 0 Å². The Morgan fingerprint density at radius 2 is 2.00 bits per heavy atom. The van der Waals surface area contributed by atoms with E-state index in [0.29, 0.717) is 6.04 Å². The molecule has 2 heterocycles. The lowest BCUT2D eigenvalue weighted by Gasteiger charge is -2.41. The van der Waals surface area contributed by atoms with Crippen LogP contribution < -0.4 is 5.32 Å². The number of fused-ring (bicyclic) bond motifs is 2. The molecular weight excluding hydrogens is 184 g/mol. The van der Waals surface area contributed by atoms with Crippen molar-refractivity contribution in [2.24, 2.45) is 0 Å². The van der Waals surface area contributed by atoms with Gasteiger partial charge in [-0.25, -0.2) is 0 Å². The standard InChI is InChI=1S/C13H22N2/c1-4-10(3)15-12-6-7-13(15)9-11(8-12)14-5-2/h1,10-14H,5-9H2,2-3H3. The minimum absolute atomic E-state index is 0.324. The molecule has 2 bridgehead atoms. The number of hydrogen-bond donors (Lipinski definition) is 1. The maximum Gasteiger partial charge on any atom is 0.0688 e. The number of nitrogens with one attached hydrogen (secondary N) is 1. The lowest BCUT2D eigenvalue weighted by atomic mass is 9.96. The Kier molecular flexibility index (Phi) is 3.33. The van der Waals surface area contributed by atoms with Gasteiger partial charge in [0.1, 0.15) is 0 Å². The first-order chi connectivity index (χ1) is 7.26. The molecule has 0 aliphatic carbocycles. The first kappa shape index (κ1) is 11.0. The Labute approximate surface area is 93.4 Å². The molecule has 3 unspecified atom stereocenters. The van der Waals surface area contributed by atoms with Crippen LogP contribution >= 0.6 is 0 Å². The molecule has 2 fully saturated rings. The van der Waals surface area contributed by atoms with E-state index in [2.05, 4.69) is 30.0 Å². The van der Waals surface area contributed by atoms with E-state index in [1.807, 2.05) is 0 Å². The molecule has 2 rings (SSSR count). The van der Waals surface area contributed by atoms with Crippen molar-refractivity contribution >= 4 is 0 Å². The number of rotatable bonds is 3. The van der Waals surface area contributed by atoms with E-state index in [-0.39, 0.29) is 0 Å². The summed E-state index contributed by atoms with van der Waals surface area (Å²) < 4.78 is 0. The van der Waals surface area contributed by atoms with Gasteiger partial charge in [0.05, 0.1) is 6.04 Å². The Morgan fingerprint density at radius 1 is 1.40 bits per heavy atom. The molecule has 2 nitrogen and oxygen atoms in total. The molecule has 2 heteroatoms. The zero-order valence-corrected chi connectivity index (χ0v) is 9.87. The van der Waals surface area contributed by atoms with Crippen LogP contribution in [0.1, 0.15) is 39.5 Å². The van der Waals surface area contributed by atoms with Gasteiger partial charge in [-0.2, -0.15) is 0 Å². The SMILES string of the molecule is C#CC(C)N1C2CCC1CC(NCC)C2. The smallest absolute Gasteiger partial charge is 0.0688 e. The predicted molar refractivity (Wildman–Crippen MR) is 63.6 cm³/mol. The molecule has 0 aromatic carbocycles. The Morgan fingerprint density at radius 3 is 2.47 bits per heavy atom. The highest BCUT2D eigenvalue weighted by molar-refractivity contribution is 5.06. The van der Waals surface area contributed by atoms with Gasteiger partial charge in [0, 0.05) is 18.1 Å². The van der Waals surface area contributed by atoms with E-state index in [0.717, 1.165) is 24.7 Å². The quantitative estimate of drug-likeness (QED) is 0.706. The predicted octanol–water partition coefficient (Wildman–Crippen LogP) is 1.61. The molecule has 0 aromatic heterocycles. The van der Waals surface area contributed by atoms with Crippen molar-refractivity contribution in [2.75, 3.05) is 6.54 Å². The van der Waals surface area contributed by atoms with Gasteiger partial charge >= 0.3 is 0 Å². The summed E-state index contributed by atoms with van der Waals surface area (Å²) in [6.07, 6.45) is 10.8. The summed E-state index contributed by atoms with van der Waals surface area (Å²) in [5.74, 6) is 2.89. The highest BCUT2D eigenvalue weighted by atomic mass is 15.2. The van der Waals surface area contributed by atoms with Gasteiger partial charge in [-0.05, 0) is 39.2 Å². The van der Waals surface area contributed by atoms with Gasteiger partial charge in [-0.15, -0.1) is 6.42 Å². The molecule has 0 saturated carbocycles. The summed E-state index contributed by atoms with van der Waals surface area (Å²) in [5.41, 5.74) is 0. The molecule has 0 spiro atoms. The average molecular weight is 206 g/mol. The van der Waals surface area contributed by atoms with Crippen LogP contribution in [0.3, 0.4) is 0 Å². The minimum atomic E-state index is 0.324. The maximum atomic E-state index is 5.54. The van der Waals surface area contributed by atoms with Crippen molar-refractivity contribution in [3.63, 3.8) is 0 Å². The Bertz CT molecular complexity index is 242. The second-order valence-electron chi connectivity index (χ2n) is 4.90. The third kappa shape index (κ3) is 2.04. The second-order valence-corrected chi connectivity index (χ2v) is 4.90. The van der Waals surface area contributed by atoms with Crippen LogP contribution in [-0.4, -0.2) is 35.6 Å². The fourth-order valence-corrected chi connectivity index (χ4v) is 3.39. The molecule has 0 aromatic rings. The number of piperidine rings is 1. The molecular formula is C13H22N2. The lowest BCUT2D eigenvalue weighted by molar-refractivity contribution is 0.100. The van der Waals surface area contributed by atoms with E-state index in [9.17, 15) is 0 Å². The van der Waals surface area contributed by atoms with Crippen molar-refractivity contribution in [2.45, 2.75) is 63.7 Å². The molecule has 2 aliphatic heterocycles. The van der Waals surface area contributed by atoms with E-state index < -0.39 is 0 Å². The number of nitrogens with zero attached hydrogens (tertiary/aromatic N) is 1. The van der Waals surface area contributed by atoms with Gasteiger partial charge < -0.3 is 5.32 Å². The topological polar surface area (TPSA) is 15.3 Å². The lowest BCUT2D eigenvalue weighted by Crippen LogP contribution is -2.51. The van der Waals surface area contributed by atoms with Gasteiger partial charge in [-0.1, -0.05) is 12.8 Å². The Hall–Kier alpha value is -0.520. The maximum absolute atomic E-state index is 5.54. The van der Waals surface area contributed by atoms with Crippen molar-refractivity contribution in [3.8, 4) is 12.3 Å². The molecule has 2 aliphatic rings. The summed E-state index contributed by atoms with van der Waals surface area (Å²) >= 11 is 0. The highest BCUT2D eigenvalue weighted by Gasteiger charge is 2.41. The van der Waals surface area contributed by atoms with Crippen molar-refractivity contribution in [3.05, 3.63) is 0 Å². The molecule has 3 atom stereocenters. The van der Waals surface area contributed by atoms with Crippen molar-refractivity contribution < 1.29 is 0 Å². The molecule has 1 N–H and O–H groups in total. The summed E-state index contributed by atoms with van der Waals surface area (Å²) in [7, 11) is 0. The van der Waals surface area contributed by atoms with E-state index in [1.54, 1.807) is 0 Å². The van der Waals surface area contributed by atoms with Gasteiger partial charge in [-0.3, -0.25) is 4.90 Å². The van der Waals surface area contributed by atoms with Crippen molar-refractivity contribution in [1.29, 1.82) is 0 Å². The van der Waals surface area contributed by atoms with E-state index >= 15 is 0 Å². The number of hydrogen-bond acceptors (Lipinski definition) is 2. The van der Waals surface area contributed by atoms with Crippen LogP contribution in [0.2, 0.25) is 0 Å². The molecule has 2 saturated heterocycles. The fraction of sp³-hybridized carbons (Fsp3) is 0.846. The Balaban J connectivity index is 2.01. The normalized spacial score (nSPS) is 37.5. The monoisotopic (exact) mass is 206 g/mol. The molecule has 15 heavy (non-hydrogen) atoms. The van der Waals surface area contributed by atoms with E-state index in [1.165, 1.54) is 25.7 Å². The highest BCUT2D eigenvalue weighted by Crippen LogP contribution is 2.36. The van der Waals surface area contributed by atoms with Gasteiger partial charge in [0.2, 0.25) is 0 Å². The average Bonchev–Trinajstić information content (AvgIpc) is 2.50. The largest absolute Gasteiger partial charge is 0.314 e. The summed E-state index contributed by atoms with van der Waals surface area (Å²) in [5, 5.41) is 3.58. The van der Waals surface area contributed by atoms with E-state index in [4.69, 9.17) is 6.42 Å². The zero-order chi connectivity index (χ0) is 10.8. The minimum Gasteiger partial charge on any atom is -0.314 e. The summed E-state index contributed by atoms with van der Waals surface area (Å²) in [6.45, 7) is 5.45. The summed E-state index contributed by atoms with van der Waals surface area (Å²) in [4.78, 5) is 2.58. The molecule has 0 amide bonds. The first-order valence-electron chi connectivity index (χ1n) is 6.23. The van der Waals surface area contributed by atoms with Crippen LogP contribution in [0.4, 0.5) is 0 Å². The van der Waals surface area contributed by atoms with Crippen LogP contribution in [0.5, 0.6) is 0 Å². The van der Waals surface area contributed by atoms with Crippen LogP contribution in [0, 0.1) is 12.3 Å². The van der Waals surface area contributed by atoms with Crippen molar-refractivity contribution in [1.82, 2.24) is 10.2 Å². The van der Waals surface area contributed by atoms with Gasteiger partial charge in [0.15, 0.2) is 0 Å². The van der Waals surface area contributed by atoms with Crippen LogP contribution in [0.15, 0.2) is 0 Å². The van der Waals surface area contributed by atoms with Gasteiger partial charge in [0.25, 0.3) is 0 Å². The number of terminal acetylenes is 1. The first-order valence-corrected chi connectivity index (χ1v) is 6.23. The fourth-order valence-electron chi connectivity index (χ4n) is 3.39. The molecule has 84 valence electrons. The molecule has 0 radical (unpaired) electrons. The second kappa shape index (κ2) is 4.55. The zero-order valence-electron chi connectivity index (χ0n) is 9.87. The third-order valence-electron chi connectivity index (χ3n) is 3.97. The summed E-state index contributed by atoms with van der Waals surface area (Å²) in [6, 6.07) is 2.52. The third-order valence-corrected chi connectivity index (χ3v) is 3.97.